The first kappa shape index (κ1) is 17.2. The summed E-state index contributed by atoms with van der Waals surface area (Å²) in [5, 5.41) is 11.7. The van der Waals surface area contributed by atoms with Crippen LogP contribution in [0.25, 0.3) is 0 Å². The Morgan fingerprint density at radius 3 is 2.56 bits per heavy atom. The van der Waals surface area contributed by atoms with Crippen molar-refractivity contribution in [2.24, 2.45) is 16.3 Å². The Bertz CT molecular complexity index is 240. The van der Waals surface area contributed by atoms with Crippen molar-refractivity contribution >= 4 is 5.84 Å². The molecule has 108 valence electrons. The topological polar surface area (TPSA) is 67.8 Å². The summed E-state index contributed by atoms with van der Waals surface area (Å²) in [6.07, 6.45) is 7.28. The number of oxime groups is 1. The van der Waals surface area contributed by atoms with Gasteiger partial charge in [-0.2, -0.15) is 0 Å². The highest BCUT2D eigenvalue weighted by molar-refractivity contribution is 5.85. The predicted octanol–water partition coefficient (Wildman–Crippen LogP) is 3.52. The zero-order valence-electron chi connectivity index (χ0n) is 12.4. The van der Waals surface area contributed by atoms with Gasteiger partial charge in [-0.05, 0) is 19.8 Å². The molecule has 3 N–H and O–H groups in total. The number of amidine groups is 1. The summed E-state index contributed by atoms with van der Waals surface area (Å²) in [6, 6.07) is 0. The number of ether oxygens (including phenoxy) is 1. The molecule has 0 aliphatic rings. The molecule has 1 unspecified atom stereocenters. The quantitative estimate of drug-likeness (QED) is 0.207. The van der Waals surface area contributed by atoms with Gasteiger partial charge >= 0.3 is 0 Å². The van der Waals surface area contributed by atoms with Gasteiger partial charge in [-0.3, -0.25) is 0 Å². The smallest absolute Gasteiger partial charge is 0.144 e. The number of unbranched alkanes of at least 4 members (excludes halogenated alkanes) is 3. The molecule has 0 rings (SSSR count). The third kappa shape index (κ3) is 7.54. The summed E-state index contributed by atoms with van der Waals surface area (Å²) in [4.78, 5) is 0. The van der Waals surface area contributed by atoms with Gasteiger partial charge in [0.2, 0.25) is 0 Å². The van der Waals surface area contributed by atoms with E-state index >= 15 is 0 Å². The third-order valence-electron chi connectivity index (χ3n) is 3.39. The van der Waals surface area contributed by atoms with Gasteiger partial charge in [-0.25, -0.2) is 0 Å². The Kier molecular flexibility index (Phi) is 8.81. The summed E-state index contributed by atoms with van der Waals surface area (Å²) in [7, 11) is 0. The van der Waals surface area contributed by atoms with Crippen molar-refractivity contribution in [3.05, 3.63) is 0 Å². The van der Waals surface area contributed by atoms with Crippen LogP contribution in [-0.2, 0) is 4.74 Å². The van der Waals surface area contributed by atoms with Gasteiger partial charge in [-0.1, -0.05) is 51.6 Å². The predicted molar refractivity (Wildman–Crippen MR) is 76.0 cm³/mol. The molecule has 0 aliphatic heterocycles. The molecule has 0 aromatic carbocycles. The molecule has 0 aromatic rings. The van der Waals surface area contributed by atoms with E-state index in [4.69, 9.17) is 15.7 Å². The average Bonchev–Trinajstić information content (AvgIpc) is 2.33. The zero-order valence-corrected chi connectivity index (χ0v) is 12.4. The lowest BCUT2D eigenvalue weighted by Crippen LogP contribution is -2.33. The highest BCUT2D eigenvalue weighted by Crippen LogP contribution is 2.21. The van der Waals surface area contributed by atoms with Crippen molar-refractivity contribution in [2.45, 2.75) is 72.3 Å². The van der Waals surface area contributed by atoms with E-state index in [1.54, 1.807) is 0 Å². The molecular weight excluding hydrogens is 228 g/mol. The third-order valence-corrected chi connectivity index (χ3v) is 3.39. The minimum absolute atomic E-state index is 0.265. The molecule has 4 nitrogen and oxygen atoms in total. The van der Waals surface area contributed by atoms with Crippen LogP contribution in [0.5, 0.6) is 0 Å². The van der Waals surface area contributed by atoms with Crippen molar-refractivity contribution in [3.8, 4) is 0 Å². The molecule has 0 fully saturated rings. The lowest BCUT2D eigenvalue weighted by molar-refractivity contribution is 0.0471. The summed E-state index contributed by atoms with van der Waals surface area (Å²) in [5.74, 6) is 0.265. The molecule has 0 radical (unpaired) electrons. The normalized spacial score (nSPS) is 14.8. The Morgan fingerprint density at radius 1 is 1.33 bits per heavy atom. The Labute approximate surface area is 112 Å². The van der Waals surface area contributed by atoms with E-state index in [1.807, 2.05) is 13.8 Å². The SMILES string of the molecule is CCCCCCC(C)OCCC(C)(C)C(N)=NO. The van der Waals surface area contributed by atoms with Crippen LogP contribution in [0, 0.1) is 5.41 Å². The molecule has 0 amide bonds. The van der Waals surface area contributed by atoms with Crippen molar-refractivity contribution in [1.82, 2.24) is 0 Å². The van der Waals surface area contributed by atoms with E-state index in [-0.39, 0.29) is 11.3 Å². The average molecular weight is 258 g/mol. The van der Waals surface area contributed by atoms with Crippen LogP contribution in [0.2, 0.25) is 0 Å². The second-order valence-electron chi connectivity index (χ2n) is 5.65. The van der Waals surface area contributed by atoms with Crippen LogP contribution in [0.3, 0.4) is 0 Å². The molecule has 4 heteroatoms. The van der Waals surface area contributed by atoms with E-state index in [2.05, 4.69) is 19.0 Å². The van der Waals surface area contributed by atoms with E-state index in [0.717, 1.165) is 12.8 Å². The van der Waals surface area contributed by atoms with Crippen molar-refractivity contribution in [3.63, 3.8) is 0 Å². The molecule has 0 aromatic heterocycles. The van der Waals surface area contributed by atoms with E-state index in [0.29, 0.717) is 12.7 Å². The summed E-state index contributed by atoms with van der Waals surface area (Å²) in [6.45, 7) is 8.89. The number of hydrogen-bond donors (Lipinski definition) is 2. The zero-order chi connectivity index (χ0) is 14.0. The van der Waals surface area contributed by atoms with Crippen LogP contribution in [0.1, 0.15) is 66.2 Å². The van der Waals surface area contributed by atoms with Crippen LogP contribution in [0.4, 0.5) is 0 Å². The van der Waals surface area contributed by atoms with E-state index in [1.165, 1.54) is 25.7 Å². The fourth-order valence-electron chi connectivity index (χ4n) is 1.72. The van der Waals surface area contributed by atoms with E-state index < -0.39 is 0 Å². The standard InChI is InChI=1S/C14H30N2O2/c1-5-6-7-8-9-12(2)18-11-10-14(3,4)13(15)16-17/h12,17H,5-11H2,1-4H3,(H2,15,16). The summed E-state index contributed by atoms with van der Waals surface area (Å²) < 4.78 is 5.76. The summed E-state index contributed by atoms with van der Waals surface area (Å²) >= 11 is 0. The Balaban J connectivity index is 3.70. The van der Waals surface area contributed by atoms with Gasteiger partial charge in [-0.15, -0.1) is 0 Å². The Hall–Kier alpha value is -0.770. The number of hydrogen-bond acceptors (Lipinski definition) is 3. The molecule has 18 heavy (non-hydrogen) atoms. The van der Waals surface area contributed by atoms with Crippen LogP contribution in [-0.4, -0.2) is 23.8 Å². The van der Waals surface area contributed by atoms with Crippen molar-refractivity contribution in [2.75, 3.05) is 6.61 Å². The number of nitrogens with two attached hydrogens (primary N) is 1. The van der Waals surface area contributed by atoms with Gasteiger partial charge in [0, 0.05) is 12.0 Å². The molecule has 0 bridgehead atoms. The van der Waals surface area contributed by atoms with Gasteiger partial charge in [0.25, 0.3) is 0 Å². The first-order valence-corrected chi connectivity index (χ1v) is 7.03. The van der Waals surface area contributed by atoms with Crippen LogP contribution in [0.15, 0.2) is 5.16 Å². The monoisotopic (exact) mass is 258 g/mol. The second kappa shape index (κ2) is 9.20. The fourth-order valence-corrected chi connectivity index (χ4v) is 1.72. The maximum atomic E-state index is 8.67. The molecule has 1 atom stereocenters. The highest BCUT2D eigenvalue weighted by atomic mass is 16.5. The molecule has 0 heterocycles. The lowest BCUT2D eigenvalue weighted by Gasteiger charge is -2.23. The molecule has 0 saturated heterocycles. The van der Waals surface area contributed by atoms with Crippen molar-refractivity contribution < 1.29 is 9.94 Å². The van der Waals surface area contributed by atoms with Gasteiger partial charge in [0.05, 0.1) is 6.10 Å². The lowest BCUT2D eigenvalue weighted by atomic mass is 9.88. The molecular formula is C14H30N2O2. The maximum absolute atomic E-state index is 8.67. The number of rotatable bonds is 10. The van der Waals surface area contributed by atoms with Crippen molar-refractivity contribution in [1.29, 1.82) is 0 Å². The minimum Gasteiger partial charge on any atom is -0.409 e. The first-order valence-electron chi connectivity index (χ1n) is 7.03. The fraction of sp³-hybridized carbons (Fsp3) is 0.929. The van der Waals surface area contributed by atoms with Gasteiger partial charge < -0.3 is 15.7 Å². The molecule has 0 spiro atoms. The van der Waals surface area contributed by atoms with Crippen LogP contribution >= 0.6 is 0 Å². The summed E-state index contributed by atoms with van der Waals surface area (Å²) in [5.41, 5.74) is 5.32. The number of nitrogens with zero attached hydrogens (tertiary/aromatic N) is 1. The van der Waals surface area contributed by atoms with E-state index in [9.17, 15) is 0 Å². The van der Waals surface area contributed by atoms with Gasteiger partial charge in [0.15, 0.2) is 0 Å². The Morgan fingerprint density at radius 2 is 2.00 bits per heavy atom. The molecule has 0 aliphatic carbocycles. The largest absolute Gasteiger partial charge is 0.409 e. The molecule has 0 saturated carbocycles. The minimum atomic E-state index is -0.309. The maximum Gasteiger partial charge on any atom is 0.144 e. The van der Waals surface area contributed by atoms with Crippen LogP contribution < -0.4 is 5.73 Å². The van der Waals surface area contributed by atoms with Gasteiger partial charge in [0.1, 0.15) is 5.84 Å². The first-order chi connectivity index (χ1) is 8.44. The second-order valence-corrected chi connectivity index (χ2v) is 5.65. The highest BCUT2D eigenvalue weighted by Gasteiger charge is 2.23.